The van der Waals surface area contributed by atoms with E-state index in [1.807, 2.05) is 90.9 Å². The Bertz CT molecular complexity index is 1240. The van der Waals surface area contributed by atoms with Gasteiger partial charge in [0, 0.05) is 21.3 Å². The van der Waals surface area contributed by atoms with Crippen LogP contribution in [-0.4, -0.2) is 116 Å². The number of nitrogens with one attached hydrogen (secondary N) is 3. The van der Waals surface area contributed by atoms with E-state index in [0.29, 0.717) is 12.0 Å². The van der Waals surface area contributed by atoms with Crippen LogP contribution in [0.5, 0.6) is 0 Å². The topological polar surface area (TPSA) is 150 Å². The molecule has 0 heterocycles. The summed E-state index contributed by atoms with van der Waals surface area (Å²) < 4.78 is 11.9. The number of nitrogens with zero attached hydrogens (tertiary/aromatic N) is 2. The molecule has 53 heavy (non-hydrogen) atoms. The number of unbranched alkanes of at least 4 members (excludes halogenated alkanes) is 1. The molecule has 0 unspecified atom stereocenters. The van der Waals surface area contributed by atoms with Crippen LogP contribution in [0.1, 0.15) is 106 Å². The van der Waals surface area contributed by atoms with Crippen LogP contribution >= 0.6 is 0 Å². The highest BCUT2D eigenvalue weighted by Gasteiger charge is 2.40. The van der Waals surface area contributed by atoms with Crippen LogP contribution in [0.4, 0.5) is 0 Å². The van der Waals surface area contributed by atoms with E-state index >= 15 is 0 Å². The second-order valence-corrected chi connectivity index (χ2v) is 15.6. The Kier molecular flexibility index (Phi) is 21.4. The van der Waals surface area contributed by atoms with Crippen molar-refractivity contribution in [2.45, 2.75) is 143 Å². The molecular formula is C41H73N5O7. The number of hydrogen-bond acceptors (Lipinski definition) is 8. The molecule has 1 rings (SSSR count). The van der Waals surface area contributed by atoms with Gasteiger partial charge in [0.15, 0.2) is 0 Å². The predicted octanol–water partition coefficient (Wildman–Crippen LogP) is 4.56. The molecule has 304 valence electrons. The number of aliphatic hydroxyl groups is 1. The molecule has 0 spiro atoms. The number of aliphatic hydroxyl groups excluding tert-OH is 1. The lowest BCUT2D eigenvalue weighted by molar-refractivity contribution is -0.145. The van der Waals surface area contributed by atoms with Gasteiger partial charge in [-0.05, 0) is 50.8 Å². The fourth-order valence-corrected chi connectivity index (χ4v) is 7.27. The van der Waals surface area contributed by atoms with Crippen LogP contribution in [0, 0.1) is 23.7 Å². The Morgan fingerprint density at radius 3 is 1.89 bits per heavy atom. The van der Waals surface area contributed by atoms with Gasteiger partial charge in [-0.25, -0.2) is 0 Å². The van der Waals surface area contributed by atoms with Gasteiger partial charge in [0.1, 0.15) is 6.04 Å². The van der Waals surface area contributed by atoms with Crippen molar-refractivity contribution in [2.75, 3.05) is 35.4 Å². The molecule has 1 aromatic carbocycles. The third-order valence-electron chi connectivity index (χ3n) is 10.6. The summed E-state index contributed by atoms with van der Waals surface area (Å²) in [5.41, 5.74) is 0.702. The molecule has 0 saturated heterocycles. The monoisotopic (exact) mass is 748 g/mol. The van der Waals surface area contributed by atoms with Crippen LogP contribution in [0.3, 0.4) is 0 Å². The maximum atomic E-state index is 14.2. The molecule has 1 aromatic rings. The van der Waals surface area contributed by atoms with Crippen LogP contribution in [0.25, 0.3) is 0 Å². The van der Waals surface area contributed by atoms with Crippen LogP contribution in [0.2, 0.25) is 0 Å². The summed E-state index contributed by atoms with van der Waals surface area (Å²) in [5, 5.41) is 19.9. The Balaban J connectivity index is 3.25. The fraction of sp³-hybridized carbons (Fsp3) is 0.756. The standard InChI is InChI=1S/C41H73N5O7/c1-15-17-23-31(38(53-14)28(8)39(49)42-29(9)37(48)30-21-19-18-20-22-30)43-33(47)24-32(52-13)36(27(7)16-2)46(12)41(51)34(25(3)4)44-40(50)35(26(5)6)45(10)11/h18-22,25-29,31-32,34-38,48H,15-17,23-24H2,1-14H3,(H,42,49)(H,43,47)(H,44,50)/t27-,28+,29+,31-,32+,34-,35-,36-,37+,38+/m0/s1. The SMILES string of the molecule is CCCC[C@H](NC(=O)C[C@@H](OC)[C@H]([C@@H](C)CC)N(C)C(=O)[C@@H](NC(=O)[C@H](C(C)C)N(C)C)C(C)C)[C@H](OC)[C@@H](C)C(=O)N[C@H](C)[C@@H](O)c1ccccc1. The van der Waals surface area contributed by atoms with Crippen LogP contribution in [-0.2, 0) is 28.7 Å². The number of carbonyl (C=O) groups is 4. The minimum Gasteiger partial charge on any atom is -0.386 e. The Hall–Kier alpha value is -3.06. The molecule has 0 aliphatic heterocycles. The number of benzene rings is 1. The van der Waals surface area contributed by atoms with E-state index in [1.165, 1.54) is 7.11 Å². The molecule has 0 saturated carbocycles. The van der Waals surface area contributed by atoms with Crippen molar-refractivity contribution in [1.29, 1.82) is 0 Å². The smallest absolute Gasteiger partial charge is 0.245 e. The summed E-state index contributed by atoms with van der Waals surface area (Å²) in [5.74, 6) is -1.84. The molecule has 0 bridgehead atoms. The lowest BCUT2D eigenvalue weighted by atomic mass is 9.89. The Morgan fingerprint density at radius 2 is 1.42 bits per heavy atom. The maximum absolute atomic E-state index is 14.2. The van der Waals surface area contributed by atoms with Gasteiger partial charge >= 0.3 is 0 Å². The predicted molar refractivity (Wildman–Crippen MR) is 211 cm³/mol. The number of hydrogen-bond donors (Lipinski definition) is 4. The zero-order chi connectivity index (χ0) is 40.6. The maximum Gasteiger partial charge on any atom is 0.245 e. The van der Waals surface area contributed by atoms with Gasteiger partial charge in [-0.15, -0.1) is 0 Å². The molecule has 4 N–H and O–H groups in total. The molecule has 12 heteroatoms. The van der Waals surface area contributed by atoms with Crippen LogP contribution in [0.15, 0.2) is 30.3 Å². The van der Waals surface area contributed by atoms with Gasteiger partial charge in [0.05, 0.1) is 54.8 Å². The molecular weight excluding hydrogens is 674 g/mol. The lowest BCUT2D eigenvalue weighted by Crippen LogP contribution is -2.59. The van der Waals surface area contributed by atoms with Crippen molar-refractivity contribution in [2.24, 2.45) is 23.7 Å². The highest BCUT2D eigenvalue weighted by atomic mass is 16.5. The second kappa shape index (κ2) is 23.7. The number of rotatable bonds is 24. The first-order valence-electron chi connectivity index (χ1n) is 19.5. The van der Waals surface area contributed by atoms with E-state index in [1.54, 1.807) is 32.9 Å². The molecule has 0 aromatic heterocycles. The minimum absolute atomic E-state index is 0.0299. The first-order valence-corrected chi connectivity index (χ1v) is 19.5. The second-order valence-electron chi connectivity index (χ2n) is 15.6. The quantitative estimate of drug-likeness (QED) is 0.120. The van der Waals surface area contributed by atoms with E-state index in [2.05, 4.69) is 22.9 Å². The zero-order valence-corrected chi connectivity index (χ0v) is 35.1. The summed E-state index contributed by atoms with van der Waals surface area (Å²) in [4.78, 5) is 58.5. The van der Waals surface area contributed by atoms with E-state index in [4.69, 9.17) is 9.47 Å². The number of amides is 4. The van der Waals surface area contributed by atoms with Crippen molar-refractivity contribution in [3.63, 3.8) is 0 Å². The lowest BCUT2D eigenvalue weighted by Gasteiger charge is -2.40. The third kappa shape index (κ3) is 14.3. The van der Waals surface area contributed by atoms with Crippen molar-refractivity contribution >= 4 is 23.6 Å². The third-order valence-corrected chi connectivity index (χ3v) is 10.6. The van der Waals surface area contributed by atoms with Crippen molar-refractivity contribution in [1.82, 2.24) is 25.8 Å². The van der Waals surface area contributed by atoms with Crippen molar-refractivity contribution in [3.05, 3.63) is 35.9 Å². The number of likely N-dealkylation sites (N-methyl/N-ethyl adjacent to an activating group) is 2. The summed E-state index contributed by atoms with van der Waals surface area (Å²) in [6.07, 6.45) is 0.789. The molecule has 0 aliphatic rings. The van der Waals surface area contributed by atoms with Gasteiger partial charge in [-0.2, -0.15) is 0 Å². The molecule has 12 nitrogen and oxygen atoms in total. The Labute approximate surface area is 320 Å². The molecule has 0 fully saturated rings. The van der Waals surface area contributed by atoms with Gasteiger partial charge in [-0.1, -0.05) is 105 Å². The van der Waals surface area contributed by atoms with Crippen molar-refractivity contribution < 1.29 is 33.8 Å². The van der Waals surface area contributed by atoms with Gasteiger partial charge in [0.2, 0.25) is 23.6 Å². The first kappa shape index (κ1) is 48.0. The number of carbonyl (C=O) groups excluding carboxylic acids is 4. The molecule has 0 aliphatic carbocycles. The van der Waals surface area contributed by atoms with Gasteiger partial charge in [-0.3, -0.25) is 24.1 Å². The first-order chi connectivity index (χ1) is 24.9. The Morgan fingerprint density at radius 1 is 0.811 bits per heavy atom. The largest absolute Gasteiger partial charge is 0.386 e. The average Bonchev–Trinajstić information content (AvgIpc) is 3.11. The highest BCUT2D eigenvalue weighted by Crippen LogP contribution is 2.25. The summed E-state index contributed by atoms with van der Waals surface area (Å²) in [6, 6.07) is 6.50. The summed E-state index contributed by atoms with van der Waals surface area (Å²) in [7, 11) is 8.50. The normalized spacial score (nSPS) is 17.5. The van der Waals surface area contributed by atoms with E-state index < -0.39 is 54.4 Å². The molecule has 0 radical (unpaired) electrons. The fourth-order valence-electron chi connectivity index (χ4n) is 7.27. The van der Waals surface area contributed by atoms with Gasteiger partial charge < -0.3 is 35.4 Å². The van der Waals surface area contributed by atoms with E-state index in [0.717, 1.165) is 19.3 Å². The molecule has 4 amide bonds. The zero-order valence-electron chi connectivity index (χ0n) is 35.1. The van der Waals surface area contributed by atoms with Crippen molar-refractivity contribution in [3.8, 4) is 0 Å². The molecule has 10 atom stereocenters. The number of ether oxygens (including phenoxy) is 2. The van der Waals surface area contributed by atoms with Crippen LogP contribution < -0.4 is 16.0 Å². The van der Waals surface area contributed by atoms with Gasteiger partial charge in [0.25, 0.3) is 0 Å². The van der Waals surface area contributed by atoms with E-state index in [9.17, 15) is 24.3 Å². The minimum atomic E-state index is -0.888. The summed E-state index contributed by atoms with van der Waals surface area (Å²) in [6.45, 7) is 17.4. The highest BCUT2D eigenvalue weighted by molar-refractivity contribution is 5.90. The number of methoxy groups -OCH3 is 2. The average molecular weight is 748 g/mol. The van der Waals surface area contributed by atoms with E-state index in [-0.39, 0.29) is 47.8 Å². The summed E-state index contributed by atoms with van der Waals surface area (Å²) >= 11 is 0.